The third-order valence-corrected chi connectivity index (χ3v) is 3.47. The average Bonchev–Trinajstić information content (AvgIpc) is 2.70. The van der Waals surface area contributed by atoms with E-state index in [1.807, 2.05) is 13.8 Å². The van der Waals surface area contributed by atoms with Gasteiger partial charge < -0.3 is 14.8 Å². The summed E-state index contributed by atoms with van der Waals surface area (Å²) in [5, 5.41) is 9.14. The molecule has 1 aliphatic rings. The summed E-state index contributed by atoms with van der Waals surface area (Å²) in [7, 11) is 0. The Balaban J connectivity index is 2.41. The molecule has 0 saturated carbocycles. The van der Waals surface area contributed by atoms with E-state index in [0.29, 0.717) is 18.4 Å². The molecule has 18 heavy (non-hydrogen) atoms. The molecule has 0 spiro atoms. The Bertz CT molecular complexity index is 534. The van der Waals surface area contributed by atoms with Crippen LogP contribution in [-0.4, -0.2) is 27.4 Å². The van der Waals surface area contributed by atoms with Crippen molar-refractivity contribution < 1.29 is 9.84 Å². The first-order valence-electron chi connectivity index (χ1n) is 6.17. The predicted molar refractivity (Wildman–Crippen MR) is 65.5 cm³/mol. The van der Waals surface area contributed by atoms with Crippen LogP contribution in [0.5, 0.6) is 0 Å². The summed E-state index contributed by atoms with van der Waals surface area (Å²) in [6.45, 7) is 3.69. The molecule has 0 radical (unpaired) electrons. The molecule has 2 unspecified atom stereocenters. The molecule has 100 valence electrons. The molecular formula is C12H18N2O4. The summed E-state index contributed by atoms with van der Waals surface area (Å²) in [6.07, 6.45) is 1.66. The number of nitrogens with zero attached hydrogens (tertiary/aromatic N) is 1. The summed E-state index contributed by atoms with van der Waals surface area (Å²) in [4.78, 5) is 26.4. The molecular weight excluding hydrogens is 236 g/mol. The van der Waals surface area contributed by atoms with Gasteiger partial charge in [0, 0.05) is 11.8 Å². The summed E-state index contributed by atoms with van der Waals surface area (Å²) >= 11 is 0. The maximum atomic E-state index is 12.1. The second-order valence-corrected chi connectivity index (χ2v) is 4.67. The topological polar surface area (TPSA) is 84.3 Å². The predicted octanol–water partition coefficient (Wildman–Crippen LogP) is 0.0149. The van der Waals surface area contributed by atoms with Crippen molar-refractivity contribution in [2.75, 3.05) is 6.61 Å². The van der Waals surface area contributed by atoms with Gasteiger partial charge in [-0.2, -0.15) is 0 Å². The Morgan fingerprint density at radius 1 is 1.56 bits per heavy atom. The number of aromatic amines is 1. The fraction of sp³-hybridized carbons (Fsp3) is 0.667. The van der Waals surface area contributed by atoms with E-state index >= 15 is 0 Å². The normalized spacial score (nSPS) is 27.6. The molecule has 0 aliphatic carbocycles. The van der Waals surface area contributed by atoms with Gasteiger partial charge in [-0.15, -0.1) is 0 Å². The van der Waals surface area contributed by atoms with E-state index in [9.17, 15) is 9.59 Å². The van der Waals surface area contributed by atoms with E-state index in [4.69, 9.17) is 9.84 Å². The molecule has 1 aromatic rings. The Labute approximate surface area is 104 Å². The lowest BCUT2D eigenvalue weighted by molar-refractivity contribution is -0.0327. The van der Waals surface area contributed by atoms with Gasteiger partial charge in [-0.3, -0.25) is 4.79 Å². The highest BCUT2D eigenvalue weighted by atomic mass is 16.5. The number of H-pyrrole nitrogens is 1. The highest BCUT2D eigenvalue weighted by Gasteiger charge is 2.34. The monoisotopic (exact) mass is 254 g/mol. The largest absolute Gasteiger partial charge is 0.394 e. The molecule has 1 fully saturated rings. The third kappa shape index (κ3) is 2.13. The summed E-state index contributed by atoms with van der Waals surface area (Å²) in [6, 6.07) is 0. The van der Waals surface area contributed by atoms with Crippen molar-refractivity contribution in [2.45, 2.75) is 39.0 Å². The zero-order valence-corrected chi connectivity index (χ0v) is 10.5. The Hall–Kier alpha value is -1.40. The van der Waals surface area contributed by atoms with E-state index < -0.39 is 11.9 Å². The minimum absolute atomic E-state index is 0.0994. The van der Waals surface area contributed by atoms with Crippen LogP contribution in [0.4, 0.5) is 0 Å². The first-order chi connectivity index (χ1) is 8.58. The summed E-state index contributed by atoms with van der Waals surface area (Å²) < 4.78 is 6.68. The Kier molecular flexibility index (Phi) is 3.68. The number of hydrogen-bond acceptors (Lipinski definition) is 4. The second-order valence-electron chi connectivity index (χ2n) is 4.67. The number of rotatable bonds is 3. The van der Waals surface area contributed by atoms with Crippen molar-refractivity contribution in [3.8, 4) is 0 Å². The minimum Gasteiger partial charge on any atom is -0.394 e. The smallest absolute Gasteiger partial charge is 0.330 e. The quantitative estimate of drug-likeness (QED) is 0.796. The standard InChI is InChI=1S/C12H18N2O4/c1-3-8-5-13-12(17)14(11(8)16)10-4-7(2)9(6-15)18-10/h5,7,9-10,15H,3-4,6H2,1-2H3,(H,13,17)/t7?,9?,10-/m1/s1. The van der Waals surface area contributed by atoms with Gasteiger partial charge in [0.15, 0.2) is 0 Å². The van der Waals surface area contributed by atoms with Crippen LogP contribution in [0.25, 0.3) is 0 Å². The number of aryl methyl sites for hydroxylation is 1. The van der Waals surface area contributed by atoms with Crippen LogP contribution in [0.15, 0.2) is 15.8 Å². The minimum atomic E-state index is -0.583. The fourth-order valence-corrected chi connectivity index (χ4v) is 2.29. The van der Waals surface area contributed by atoms with Crippen molar-refractivity contribution in [3.63, 3.8) is 0 Å². The first kappa shape index (κ1) is 13.0. The third-order valence-electron chi connectivity index (χ3n) is 3.47. The van der Waals surface area contributed by atoms with Crippen LogP contribution in [0.2, 0.25) is 0 Å². The number of hydrogen-bond donors (Lipinski definition) is 2. The maximum absolute atomic E-state index is 12.1. The number of nitrogens with one attached hydrogen (secondary N) is 1. The van der Waals surface area contributed by atoms with Gasteiger partial charge in [0.05, 0.1) is 12.7 Å². The molecule has 1 saturated heterocycles. The van der Waals surface area contributed by atoms with Gasteiger partial charge in [-0.25, -0.2) is 9.36 Å². The number of ether oxygens (including phenoxy) is 1. The van der Waals surface area contributed by atoms with Crippen molar-refractivity contribution >= 4 is 0 Å². The SMILES string of the molecule is CCc1c[nH]c(=O)n([C@H]2CC(C)C(CO)O2)c1=O. The molecule has 0 amide bonds. The highest BCUT2D eigenvalue weighted by Crippen LogP contribution is 2.31. The van der Waals surface area contributed by atoms with E-state index in [2.05, 4.69) is 4.98 Å². The van der Waals surface area contributed by atoms with Crippen LogP contribution in [0.3, 0.4) is 0 Å². The molecule has 6 nitrogen and oxygen atoms in total. The molecule has 2 rings (SSSR count). The van der Waals surface area contributed by atoms with Crippen molar-refractivity contribution in [2.24, 2.45) is 5.92 Å². The van der Waals surface area contributed by atoms with E-state index in [-0.39, 0.29) is 24.2 Å². The van der Waals surface area contributed by atoms with Crippen molar-refractivity contribution in [3.05, 3.63) is 32.6 Å². The van der Waals surface area contributed by atoms with Gasteiger partial charge in [-0.05, 0) is 18.8 Å². The number of aromatic nitrogens is 2. The van der Waals surface area contributed by atoms with E-state index in [1.54, 1.807) is 0 Å². The maximum Gasteiger partial charge on any atom is 0.330 e. The van der Waals surface area contributed by atoms with Gasteiger partial charge in [0.1, 0.15) is 6.23 Å². The highest BCUT2D eigenvalue weighted by molar-refractivity contribution is 5.04. The summed E-state index contributed by atoms with van der Waals surface area (Å²) in [5.41, 5.74) is -0.219. The average molecular weight is 254 g/mol. The molecule has 1 aromatic heterocycles. The zero-order chi connectivity index (χ0) is 13.3. The molecule has 0 aromatic carbocycles. The van der Waals surface area contributed by atoms with Crippen LogP contribution < -0.4 is 11.2 Å². The fourth-order valence-electron chi connectivity index (χ4n) is 2.29. The van der Waals surface area contributed by atoms with Gasteiger partial charge >= 0.3 is 5.69 Å². The molecule has 3 atom stereocenters. The molecule has 2 N–H and O–H groups in total. The van der Waals surface area contributed by atoms with Crippen LogP contribution in [0.1, 0.15) is 32.1 Å². The molecule has 0 bridgehead atoms. The van der Waals surface area contributed by atoms with Crippen molar-refractivity contribution in [1.29, 1.82) is 0 Å². The Morgan fingerprint density at radius 2 is 2.28 bits per heavy atom. The van der Waals surface area contributed by atoms with E-state index in [1.165, 1.54) is 6.20 Å². The van der Waals surface area contributed by atoms with Crippen LogP contribution >= 0.6 is 0 Å². The second kappa shape index (κ2) is 5.07. The molecule has 2 heterocycles. The lowest BCUT2D eigenvalue weighted by Crippen LogP contribution is -2.39. The van der Waals surface area contributed by atoms with Gasteiger partial charge in [0.25, 0.3) is 5.56 Å². The lowest BCUT2D eigenvalue weighted by atomic mass is 10.0. The Morgan fingerprint density at radius 3 is 2.83 bits per heavy atom. The number of aliphatic hydroxyl groups is 1. The van der Waals surface area contributed by atoms with Gasteiger partial charge in [0.2, 0.25) is 0 Å². The first-order valence-corrected chi connectivity index (χ1v) is 6.17. The van der Waals surface area contributed by atoms with Crippen molar-refractivity contribution in [1.82, 2.24) is 9.55 Å². The van der Waals surface area contributed by atoms with Crippen LogP contribution in [-0.2, 0) is 11.2 Å². The molecule has 6 heteroatoms. The summed E-state index contributed by atoms with van der Waals surface area (Å²) in [5.74, 6) is 0.122. The van der Waals surface area contributed by atoms with Gasteiger partial charge in [-0.1, -0.05) is 13.8 Å². The number of aliphatic hydroxyl groups excluding tert-OH is 1. The lowest BCUT2D eigenvalue weighted by Gasteiger charge is -2.14. The van der Waals surface area contributed by atoms with E-state index in [0.717, 1.165) is 4.57 Å². The van der Waals surface area contributed by atoms with Crippen LogP contribution in [0, 0.1) is 5.92 Å². The zero-order valence-electron chi connectivity index (χ0n) is 10.5. The molecule has 1 aliphatic heterocycles.